The molecule has 0 bridgehead atoms. The number of carbonyl (C=O) groups is 1. The minimum atomic E-state index is -0.486. The maximum atomic E-state index is 11.6. The fourth-order valence-electron chi connectivity index (χ4n) is 2.15. The number of amides is 1. The highest BCUT2D eigenvalue weighted by Crippen LogP contribution is 2.08. The van der Waals surface area contributed by atoms with Crippen LogP contribution in [0.4, 0.5) is 4.79 Å². The van der Waals surface area contributed by atoms with Crippen molar-refractivity contribution in [2.24, 2.45) is 4.99 Å². The van der Waals surface area contributed by atoms with Crippen LogP contribution >= 0.6 is 24.0 Å². The highest BCUT2D eigenvalue weighted by molar-refractivity contribution is 14.0. The van der Waals surface area contributed by atoms with E-state index in [1.807, 2.05) is 27.7 Å². The summed E-state index contributed by atoms with van der Waals surface area (Å²) in [6.45, 7) is 12.2. The van der Waals surface area contributed by atoms with E-state index in [0.29, 0.717) is 32.8 Å². The van der Waals surface area contributed by atoms with E-state index in [2.05, 4.69) is 20.9 Å². The van der Waals surface area contributed by atoms with Gasteiger partial charge in [0.2, 0.25) is 0 Å². The predicted octanol–water partition coefficient (Wildman–Crippen LogP) is 1.88. The summed E-state index contributed by atoms with van der Waals surface area (Å²) in [6.07, 6.45) is 1.68. The van der Waals surface area contributed by atoms with Crippen LogP contribution in [0.2, 0.25) is 0 Å². The molecule has 1 atom stereocenters. The van der Waals surface area contributed by atoms with Gasteiger partial charge in [0.05, 0.1) is 12.7 Å². The zero-order chi connectivity index (χ0) is 18.5. The van der Waals surface area contributed by atoms with Crippen LogP contribution < -0.4 is 16.0 Å². The second kappa shape index (κ2) is 14.3. The first-order valence-corrected chi connectivity index (χ1v) is 9.09. The Hall–Kier alpha value is -0.810. The minimum Gasteiger partial charge on any atom is -0.444 e. The smallest absolute Gasteiger partial charge is 0.407 e. The van der Waals surface area contributed by atoms with Gasteiger partial charge in [0, 0.05) is 39.4 Å². The standard InChI is InChI=1S/C17H34N4O4.HI/c1-5-18-15(19-8-6-11-24-14-7-12-23-13-14)20-9-10-21-16(22)25-17(2,3)4;/h14H,5-13H2,1-4H3,(H,21,22)(H2,18,19,20);1H. The van der Waals surface area contributed by atoms with Crippen molar-refractivity contribution in [3.8, 4) is 0 Å². The van der Waals surface area contributed by atoms with Gasteiger partial charge >= 0.3 is 6.09 Å². The van der Waals surface area contributed by atoms with E-state index in [0.717, 1.165) is 32.0 Å². The van der Waals surface area contributed by atoms with Gasteiger partial charge in [-0.1, -0.05) is 0 Å². The number of guanidine groups is 1. The first-order chi connectivity index (χ1) is 11.9. The Kier molecular flexibility index (Phi) is 13.8. The molecule has 9 heteroatoms. The lowest BCUT2D eigenvalue weighted by Crippen LogP contribution is -2.42. The van der Waals surface area contributed by atoms with E-state index in [1.165, 1.54) is 0 Å². The SMILES string of the molecule is CCNC(=NCCCOC1CCOC1)NCCNC(=O)OC(C)(C)C.I. The summed E-state index contributed by atoms with van der Waals surface area (Å²) < 4.78 is 16.2. The topological polar surface area (TPSA) is 93.2 Å². The number of hydrogen-bond acceptors (Lipinski definition) is 5. The molecular weight excluding hydrogens is 451 g/mol. The second-order valence-electron chi connectivity index (χ2n) is 6.83. The van der Waals surface area contributed by atoms with Crippen molar-refractivity contribution in [2.75, 3.05) is 46.0 Å². The van der Waals surface area contributed by atoms with Crippen LogP contribution in [0.25, 0.3) is 0 Å². The Morgan fingerprint density at radius 2 is 1.96 bits per heavy atom. The number of rotatable bonds is 9. The zero-order valence-corrected chi connectivity index (χ0v) is 18.8. The molecule has 0 aromatic carbocycles. The number of nitrogens with one attached hydrogen (secondary N) is 3. The van der Waals surface area contributed by atoms with Gasteiger partial charge in [-0.3, -0.25) is 4.99 Å². The Bertz CT molecular complexity index is 410. The molecule has 1 unspecified atom stereocenters. The molecule has 1 rings (SSSR count). The van der Waals surface area contributed by atoms with Crippen molar-refractivity contribution in [2.45, 2.75) is 52.2 Å². The molecule has 8 nitrogen and oxygen atoms in total. The molecule has 1 fully saturated rings. The third kappa shape index (κ3) is 13.4. The molecule has 0 aliphatic carbocycles. The molecule has 0 aromatic rings. The summed E-state index contributed by atoms with van der Waals surface area (Å²) in [7, 11) is 0. The maximum Gasteiger partial charge on any atom is 0.407 e. The van der Waals surface area contributed by atoms with Gasteiger partial charge in [-0.2, -0.15) is 0 Å². The van der Waals surface area contributed by atoms with Gasteiger partial charge in [-0.25, -0.2) is 4.79 Å². The van der Waals surface area contributed by atoms with Crippen molar-refractivity contribution < 1.29 is 19.0 Å². The molecule has 3 N–H and O–H groups in total. The first kappa shape index (κ1) is 25.2. The predicted molar refractivity (Wildman–Crippen MR) is 113 cm³/mol. The average molecular weight is 486 g/mol. The van der Waals surface area contributed by atoms with Crippen LogP contribution in [0.1, 0.15) is 40.5 Å². The lowest BCUT2D eigenvalue weighted by molar-refractivity contribution is 0.0424. The van der Waals surface area contributed by atoms with E-state index >= 15 is 0 Å². The summed E-state index contributed by atoms with van der Waals surface area (Å²) in [4.78, 5) is 16.0. The van der Waals surface area contributed by atoms with Crippen molar-refractivity contribution in [3.05, 3.63) is 0 Å². The quantitative estimate of drug-likeness (QED) is 0.200. The summed E-state index contributed by atoms with van der Waals surface area (Å²) in [5, 5.41) is 9.06. The van der Waals surface area contributed by atoms with Crippen LogP contribution in [0.5, 0.6) is 0 Å². The van der Waals surface area contributed by atoms with Gasteiger partial charge in [0.1, 0.15) is 5.60 Å². The lowest BCUT2D eigenvalue weighted by atomic mass is 10.2. The normalized spacial score (nSPS) is 17.4. The van der Waals surface area contributed by atoms with Crippen LogP contribution in [-0.4, -0.2) is 69.8 Å². The fourth-order valence-corrected chi connectivity index (χ4v) is 2.15. The van der Waals surface area contributed by atoms with Crippen LogP contribution in [0, 0.1) is 0 Å². The number of carbonyl (C=O) groups excluding carboxylic acids is 1. The van der Waals surface area contributed by atoms with Crippen molar-refractivity contribution >= 4 is 36.0 Å². The molecule has 1 heterocycles. The number of ether oxygens (including phenoxy) is 3. The van der Waals surface area contributed by atoms with E-state index in [1.54, 1.807) is 0 Å². The zero-order valence-electron chi connectivity index (χ0n) is 16.4. The fraction of sp³-hybridized carbons (Fsp3) is 0.882. The van der Waals surface area contributed by atoms with Crippen molar-refractivity contribution in [3.63, 3.8) is 0 Å². The minimum absolute atomic E-state index is 0. The third-order valence-corrected chi connectivity index (χ3v) is 3.24. The number of alkyl carbamates (subject to hydrolysis) is 1. The Morgan fingerprint density at radius 3 is 2.58 bits per heavy atom. The van der Waals surface area contributed by atoms with E-state index in [9.17, 15) is 4.79 Å². The molecule has 1 amide bonds. The number of hydrogen-bond donors (Lipinski definition) is 3. The average Bonchev–Trinajstić information content (AvgIpc) is 3.02. The Morgan fingerprint density at radius 1 is 1.23 bits per heavy atom. The summed E-state index contributed by atoms with van der Waals surface area (Å²) >= 11 is 0. The third-order valence-electron chi connectivity index (χ3n) is 3.24. The van der Waals surface area contributed by atoms with Crippen molar-refractivity contribution in [1.29, 1.82) is 0 Å². The lowest BCUT2D eigenvalue weighted by Gasteiger charge is -2.19. The van der Waals surface area contributed by atoms with E-state index in [4.69, 9.17) is 14.2 Å². The molecule has 0 spiro atoms. The largest absolute Gasteiger partial charge is 0.444 e. The Labute approximate surface area is 174 Å². The van der Waals surface area contributed by atoms with E-state index in [-0.39, 0.29) is 30.1 Å². The first-order valence-electron chi connectivity index (χ1n) is 9.09. The number of halogens is 1. The highest BCUT2D eigenvalue weighted by atomic mass is 127. The van der Waals surface area contributed by atoms with Crippen LogP contribution in [0.15, 0.2) is 4.99 Å². The molecular formula is C17H35IN4O4. The van der Waals surface area contributed by atoms with Gasteiger partial charge < -0.3 is 30.2 Å². The molecule has 26 heavy (non-hydrogen) atoms. The van der Waals surface area contributed by atoms with Gasteiger partial charge in [0.15, 0.2) is 5.96 Å². The van der Waals surface area contributed by atoms with Crippen LogP contribution in [-0.2, 0) is 14.2 Å². The highest BCUT2D eigenvalue weighted by Gasteiger charge is 2.16. The van der Waals surface area contributed by atoms with E-state index < -0.39 is 11.7 Å². The molecule has 0 radical (unpaired) electrons. The monoisotopic (exact) mass is 486 g/mol. The van der Waals surface area contributed by atoms with Crippen molar-refractivity contribution in [1.82, 2.24) is 16.0 Å². The molecule has 154 valence electrons. The van der Waals surface area contributed by atoms with Gasteiger partial charge in [0.25, 0.3) is 0 Å². The molecule has 1 saturated heterocycles. The second-order valence-corrected chi connectivity index (χ2v) is 6.83. The van der Waals surface area contributed by atoms with Gasteiger partial charge in [-0.15, -0.1) is 24.0 Å². The molecule has 1 aliphatic heterocycles. The summed E-state index contributed by atoms with van der Waals surface area (Å²) in [5.41, 5.74) is -0.486. The molecule has 0 saturated carbocycles. The summed E-state index contributed by atoms with van der Waals surface area (Å²) in [6, 6.07) is 0. The molecule has 1 aliphatic rings. The van der Waals surface area contributed by atoms with Crippen LogP contribution in [0.3, 0.4) is 0 Å². The number of nitrogens with zero attached hydrogens (tertiary/aromatic N) is 1. The molecule has 0 aromatic heterocycles. The van der Waals surface area contributed by atoms with Gasteiger partial charge in [-0.05, 0) is 40.5 Å². The Balaban J connectivity index is 0.00000625. The number of aliphatic imine (C=N–C) groups is 1. The maximum absolute atomic E-state index is 11.6. The summed E-state index contributed by atoms with van der Waals surface area (Å²) in [5.74, 6) is 0.734.